The molecule has 0 saturated heterocycles. The first-order valence-electron chi connectivity index (χ1n) is 6.70. The molecule has 2 aromatic carbocycles. The van der Waals surface area contributed by atoms with E-state index in [0.717, 1.165) is 5.56 Å². The third kappa shape index (κ3) is 2.43. The Morgan fingerprint density at radius 2 is 1.76 bits per heavy atom. The maximum atomic E-state index is 12.7. The predicted octanol–water partition coefficient (Wildman–Crippen LogP) is 2.26. The first kappa shape index (κ1) is 14.1. The molecule has 1 aliphatic heterocycles. The standard InChI is InChI=1S/C16H16O4S/c1-11-6-8-12(9-7-11)21(18,19)15-10-20-14-5-3-2-4-13(14)16(15)17/h2-9,15-17H,10H2,1H3. The molecule has 0 fully saturated rings. The van der Waals surface area contributed by atoms with Crippen LogP contribution in [0.5, 0.6) is 5.75 Å². The Balaban J connectivity index is 1.99. The molecule has 0 saturated carbocycles. The van der Waals surface area contributed by atoms with Crippen LogP contribution in [-0.2, 0) is 9.84 Å². The molecule has 2 aromatic rings. The van der Waals surface area contributed by atoms with Gasteiger partial charge in [-0.1, -0.05) is 35.9 Å². The van der Waals surface area contributed by atoms with Crippen LogP contribution in [-0.4, -0.2) is 25.4 Å². The highest BCUT2D eigenvalue weighted by Crippen LogP contribution is 2.36. The highest BCUT2D eigenvalue weighted by atomic mass is 32.2. The lowest BCUT2D eigenvalue weighted by molar-refractivity contribution is 0.119. The Hall–Kier alpha value is -1.85. The SMILES string of the molecule is Cc1ccc(S(=O)(=O)C2COc3ccccc3C2O)cc1. The van der Waals surface area contributed by atoms with E-state index in [1.807, 2.05) is 6.92 Å². The van der Waals surface area contributed by atoms with Gasteiger partial charge < -0.3 is 9.84 Å². The number of para-hydroxylation sites is 1. The molecule has 5 heteroatoms. The van der Waals surface area contributed by atoms with Gasteiger partial charge in [-0.15, -0.1) is 0 Å². The van der Waals surface area contributed by atoms with E-state index < -0.39 is 21.2 Å². The molecule has 21 heavy (non-hydrogen) atoms. The van der Waals surface area contributed by atoms with Gasteiger partial charge in [-0.05, 0) is 25.1 Å². The van der Waals surface area contributed by atoms with Gasteiger partial charge in [0.15, 0.2) is 9.84 Å². The zero-order valence-corrected chi connectivity index (χ0v) is 12.4. The molecule has 0 radical (unpaired) electrons. The number of hydrogen-bond donors (Lipinski definition) is 1. The zero-order chi connectivity index (χ0) is 15.0. The lowest BCUT2D eigenvalue weighted by Crippen LogP contribution is -2.37. The van der Waals surface area contributed by atoms with E-state index in [-0.39, 0.29) is 11.5 Å². The molecular weight excluding hydrogens is 288 g/mol. The Kier molecular flexibility index (Phi) is 3.47. The molecule has 0 spiro atoms. The second-order valence-corrected chi connectivity index (χ2v) is 7.36. The monoisotopic (exact) mass is 304 g/mol. The third-order valence-electron chi connectivity index (χ3n) is 3.74. The zero-order valence-electron chi connectivity index (χ0n) is 11.6. The van der Waals surface area contributed by atoms with Gasteiger partial charge in [0.1, 0.15) is 23.7 Å². The Morgan fingerprint density at radius 1 is 1.10 bits per heavy atom. The summed E-state index contributed by atoms with van der Waals surface area (Å²) in [7, 11) is -3.65. The van der Waals surface area contributed by atoms with Crippen molar-refractivity contribution in [1.29, 1.82) is 0 Å². The number of hydrogen-bond acceptors (Lipinski definition) is 4. The molecule has 0 aromatic heterocycles. The van der Waals surface area contributed by atoms with E-state index in [2.05, 4.69) is 0 Å². The van der Waals surface area contributed by atoms with E-state index in [1.165, 1.54) is 0 Å². The summed E-state index contributed by atoms with van der Waals surface area (Å²) in [5, 5.41) is 9.42. The molecule has 2 unspecified atom stereocenters. The van der Waals surface area contributed by atoms with Crippen LogP contribution in [0.4, 0.5) is 0 Å². The van der Waals surface area contributed by atoms with Crippen molar-refractivity contribution in [2.75, 3.05) is 6.61 Å². The number of aliphatic hydroxyl groups excluding tert-OH is 1. The van der Waals surface area contributed by atoms with Gasteiger partial charge in [0, 0.05) is 5.56 Å². The fraction of sp³-hybridized carbons (Fsp3) is 0.250. The van der Waals surface area contributed by atoms with Crippen molar-refractivity contribution in [3.8, 4) is 5.75 Å². The van der Waals surface area contributed by atoms with Crippen LogP contribution in [0.25, 0.3) is 0 Å². The summed E-state index contributed by atoms with van der Waals surface area (Å²) in [4.78, 5) is 0.208. The summed E-state index contributed by atoms with van der Waals surface area (Å²) in [5.74, 6) is 0.542. The van der Waals surface area contributed by atoms with Crippen LogP contribution >= 0.6 is 0 Å². The number of benzene rings is 2. The van der Waals surface area contributed by atoms with Crippen molar-refractivity contribution in [3.63, 3.8) is 0 Å². The fourth-order valence-corrected chi connectivity index (χ4v) is 4.08. The lowest BCUT2D eigenvalue weighted by Gasteiger charge is -2.29. The van der Waals surface area contributed by atoms with Gasteiger partial charge in [0.2, 0.25) is 0 Å². The average Bonchev–Trinajstić information content (AvgIpc) is 2.48. The van der Waals surface area contributed by atoms with Crippen LogP contribution in [0.2, 0.25) is 0 Å². The second kappa shape index (κ2) is 5.16. The molecule has 1 heterocycles. The molecule has 1 N–H and O–H groups in total. The fourth-order valence-electron chi connectivity index (χ4n) is 2.48. The molecule has 110 valence electrons. The summed E-state index contributed by atoms with van der Waals surface area (Å²) in [6, 6.07) is 13.6. The highest BCUT2D eigenvalue weighted by Gasteiger charge is 2.39. The number of ether oxygens (including phenoxy) is 1. The first-order chi connectivity index (χ1) is 10.00. The van der Waals surface area contributed by atoms with Crippen LogP contribution in [0.3, 0.4) is 0 Å². The van der Waals surface area contributed by atoms with Gasteiger partial charge in [-0.25, -0.2) is 8.42 Å². The maximum absolute atomic E-state index is 12.7. The van der Waals surface area contributed by atoms with Gasteiger partial charge in [-0.3, -0.25) is 0 Å². The summed E-state index contributed by atoms with van der Waals surface area (Å²) in [6.07, 6.45) is -1.08. The number of rotatable bonds is 2. The van der Waals surface area contributed by atoms with Gasteiger partial charge in [-0.2, -0.15) is 0 Å². The van der Waals surface area contributed by atoms with Crippen molar-refractivity contribution in [2.45, 2.75) is 23.2 Å². The average molecular weight is 304 g/mol. The maximum Gasteiger partial charge on any atom is 0.187 e. The Bertz CT molecular complexity index is 750. The number of sulfone groups is 1. The summed E-state index contributed by atoms with van der Waals surface area (Å²) in [6.45, 7) is 1.85. The Morgan fingerprint density at radius 3 is 2.48 bits per heavy atom. The van der Waals surface area contributed by atoms with E-state index in [4.69, 9.17) is 4.74 Å². The molecule has 0 bridgehead atoms. The molecule has 2 atom stereocenters. The third-order valence-corrected chi connectivity index (χ3v) is 5.86. The van der Waals surface area contributed by atoms with Crippen LogP contribution in [0.15, 0.2) is 53.4 Å². The van der Waals surface area contributed by atoms with E-state index in [0.29, 0.717) is 11.3 Å². The molecule has 0 amide bonds. The predicted molar refractivity (Wildman–Crippen MR) is 79.0 cm³/mol. The minimum absolute atomic E-state index is 0.0472. The van der Waals surface area contributed by atoms with Crippen molar-refractivity contribution in [2.24, 2.45) is 0 Å². The first-order valence-corrected chi connectivity index (χ1v) is 8.25. The van der Waals surface area contributed by atoms with Crippen molar-refractivity contribution < 1.29 is 18.3 Å². The largest absolute Gasteiger partial charge is 0.492 e. The number of aliphatic hydroxyl groups is 1. The van der Waals surface area contributed by atoms with Gasteiger partial charge in [0.05, 0.1) is 4.90 Å². The molecule has 3 rings (SSSR count). The number of fused-ring (bicyclic) bond motifs is 1. The van der Waals surface area contributed by atoms with Crippen LogP contribution < -0.4 is 4.74 Å². The minimum Gasteiger partial charge on any atom is -0.492 e. The lowest BCUT2D eigenvalue weighted by atomic mass is 10.0. The van der Waals surface area contributed by atoms with Crippen LogP contribution in [0.1, 0.15) is 17.2 Å². The summed E-state index contributed by atoms with van der Waals surface area (Å²) < 4.78 is 30.9. The van der Waals surface area contributed by atoms with Gasteiger partial charge >= 0.3 is 0 Å². The molecule has 0 aliphatic carbocycles. The normalized spacial score (nSPS) is 21.4. The van der Waals surface area contributed by atoms with E-state index >= 15 is 0 Å². The molecular formula is C16H16O4S. The quantitative estimate of drug-likeness (QED) is 0.924. The topological polar surface area (TPSA) is 63.6 Å². The molecule has 1 aliphatic rings. The van der Waals surface area contributed by atoms with Crippen LogP contribution in [0, 0.1) is 6.92 Å². The summed E-state index contributed by atoms with van der Waals surface area (Å²) >= 11 is 0. The highest BCUT2D eigenvalue weighted by molar-refractivity contribution is 7.92. The number of aryl methyl sites for hydroxylation is 1. The van der Waals surface area contributed by atoms with E-state index in [1.54, 1.807) is 48.5 Å². The smallest absolute Gasteiger partial charge is 0.187 e. The van der Waals surface area contributed by atoms with Crippen molar-refractivity contribution in [1.82, 2.24) is 0 Å². The minimum atomic E-state index is -3.65. The van der Waals surface area contributed by atoms with Crippen molar-refractivity contribution >= 4 is 9.84 Å². The Labute approximate surface area is 123 Å². The van der Waals surface area contributed by atoms with Crippen molar-refractivity contribution in [3.05, 3.63) is 59.7 Å². The van der Waals surface area contributed by atoms with E-state index in [9.17, 15) is 13.5 Å². The second-order valence-electron chi connectivity index (χ2n) is 5.19. The van der Waals surface area contributed by atoms with Gasteiger partial charge in [0.25, 0.3) is 0 Å². The summed E-state index contributed by atoms with van der Waals surface area (Å²) in [5.41, 5.74) is 1.50. The molecule has 4 nitrogen and oxygen atoms in total.